The van der Waals surface area contributed by atoms with Gasteiger partial charge >= 0.3 is 0 Å². The highest BCUT2D eigenvalue weighted by Crippen LogP contribution is 2.43. The monoisotopic (exact) mass is 261 g/mol. The third kappa shape index (κ3) is 3.13. The van der Waals surface area contributed by atoms with Crippen LogP contribution in [0, 0.1) is 22.6 Å². The summed E-state index contributed by atoms with van der Waals surface area (Å²) in [5.41, 5.74) is -0.0679. The fraction of sp³-hybridized carbons (Fsp3) is 0.562. The summed E-state index contributed by atoms with van der Waals surface area (Å²) in [7, 11) is 0. The molecule has 102 valence electrons. The Labute approximate surface area is 113 Å². The first kappa shape index (κ1) is 14.0. The Balaban J connectivity index is 2.23. The van der Waals surface area contributed by atoms with Gasteiger partial charge in [-0.1, -0.05) is 44.2 Å². The summed E-state index contributed by atoms with van der Waals surface area (Å²) in [4.78, 5) is 0. The average Bonchev–Trinajstić information content (AvgIpc) is 2.39. The molecule has 19 heavy (non-hydrogen) atoms. The van der Waals surface area contributed by atoms with Gasteiger partial charge in [-0.05, 0) is 30.5 Å². The Bertz CT molecular complexity index is 441. The van der Waals surface area contributed by atoms with Crippen LogP contribution < -0.4 is 0 Å². The second kappa shape index (κ2) is 6.16. The minimum atomic E-state index is -0.823. The number of halogens is 1. The van der Waals surface area contributed by atoms with Gasteiger partial charge in [-0.15, -0.1) is 0 Å². The molecule has 0 radical (unpaired) electrons. The van der Waals surface area contributed by atoms with Gasteiger partial charge in [0, 0.05) is 0 Å². The third-order valence-corrected chi connectivity index (χ3v) is 4.18. The number of aliphatic hydroxyl groups is 1. The van der Waals surface area contributed by atoms with Crippen molar-refractivity contribution in [3.8, 4) is 6.07 Å². The predicted molar refractivity (Wildman–Crippen MR) is 71.7 cm³/mol. The first-order chi connectivity index (χ1) is 9.18. The van der Waals surface area contributed by atoms with Crippen LogP contribution in [0.4, 0.5) is 4.39 Å². The molecule has 2 nitrogen and oxygen atoms in total. The van der Waals surface area contributed by atoms with Crippen molar-refractivity contribution in [1.82, 2.24) is 0 Å². The average molecular weight is 261 g/mol. The van der Waals surface area contributed by atoms with E-state index in [0.717, 1.165) is 38.5 Å². The standard InChI is InChI=1S/C16H20FNO/c17-14-8-6-13(7-9-14)15(19)16(12-18)10-4-2-1-3-5-11-16/h6-9,15,19H,1-5,10-11H2. The molecule has 0 spiro atoms. The van der Waals surface area contributed by atoms with Crippen molar-refractivity contribution in [3.63, 3.8) is 0 Å². The molecule has 1 N–H and O–H groups in total. The van der Waals surface area contributed by atoms with E-state index in [-0.39, 0.29) is 5.82 Å². The second-order valence-electron chi connectivity index (χ2n) is 5.49. The zero-order chi connectivity index (χ0) is 13.7. The van der Waals surface area contributed by atoms with Crippen LogP contribution in [-0.4, -0.2) is 5.11 Å². The second-order valence-corrected chi connectivity index (χ2v) is 5.49. The van der Waals surface area contributed by atoms with Crippen molar-refractivity contribution < 1.29 is 9.50 Å². The number of aliphatic hydroxyl groups excluding tert-OH is 1. The molecule has 2 rings (SSSR count). The summed E-state index contributed by atoms with van der Waals surface area (Å²) >= 11 is 0. The lowest BCUT2D eigenvalue weighted by Crippen LogP contribution is -2.28. The molecule has 1 aromatic carbocycles. The van der Waals surface area contributed by atoms with Gasteiger partial charge in [-0.25, -0.2) is 4.39 Å². The van der Waals surface area contributed by atoms with Crippen LogP contribution in [0.2, 0.25) is 0 Å². The Hall–Kier alpha value is -1.40. The van der Waals surface area contributed by atoms with Gasteiger partial charge < -0.3 is 5.11 Å². The fourth-order valence-electron chi connectivity index (χ4n) is 2.95. The third-order valence-electron chi connectivity index (χ3n) is 4.18. The van der Waals surface area contributed by atoms with Crippen LogP contribution in [0.1, 0.15) is 56.6 Å². The highest BCUT2D eigenvalue weighted by molar-refractivity contribution is 5.23. The highest BCUT2D eigenvalue weighted by Gasteiger charge is 2.38. The van der Waals surface area contributed by atoms with E-state index in [1.54, 1.807) is 12.1 Å². The van der Waals surface area contributed by atoms with Gasteiger partial charge in [-0.3, -0.25) is 0 Å². The first-order valence-electron chi connectivity index (χ1n) is 7.03. The summed E-state index contributed by atoms with van der Waals surface area (Å²) < 4.78 is 12.9. The molecule has 0 aromatic heterocycles. The molecule has 0 bridgehead atoms. The lowest BCUT2D eigenvalue weighted by atomic mass is 9.71. The number of rotatable bonds is 2. The van der Waals surface area contributed by atoms with E-state index in [2.05, 4.69) is 6.07 Å². The molecule has 1 fully saturated rings. The Kier molecular flexibility index (Phi) is 4.55. The topological polar surface area (TPSA) is 44.0 Å². The van der Waals surface area contributed by atoms with Gasteiger partial charge in [-0.2, -0.15) is 5.26 Å². The van der Waals surface area contributed by atoms with Crippen LogP contribution in [0.3, 0.4) is 0 Å². The van der Waals surface area contributed by atoms with Gasteiger partial charge in [0.25, 0.3) is 0 Å². The molecular formula is C16H20FNO. The molecule has 0 saturated heterocycles. The predicted octanol–water partition coefficient (Wildman–Crippen LogP) is 4.11. The molecule has 1 aliphatic carbocycles. The summed E-state index contributed by atoms with van der Waals surface area (Å²) in [5.74, 6) is -0.320. The molecule has 1 aliphatic rings. The van der Waals surface area contributed by atoms with Crippen LogP contribution in [0.5, 0.6) is 0 Å². The van der Waals surface area contributed by atoms with Crippen molar-refractivity contribution in [2.24, 2.45) is 5.41 Å². The molecule has 1 unspecified atom stereocenters. The van der Waals surface area contributed by atoms with E-state index in [0.29, 0.717) is 5.56 Å². The fourth-order valence-corrected chi connectivity index (χ4v) is 2.95. The first-order valence-corrected chi connectivity index (χ1v) is 7.03. The largest absolute Gasteiger partial charge is 0.387 e. The Morgan fingerprint density at radius 3 is 2.11 bits per heavy atom. The van der Waals surface area contributed by atoms with Crippen molar-refractivity contribution in [1.29, 1.82) is 5.26 Å². The van der Waals surface area contributed by atoms with E-state index < -0.39 is 11.5 Å². The highest BCUT2D eigenvalue weighted by atomic mass is 19.1. The van der Waals surface area contributed by atoms with E-state index >= 15 is 0 Å². The van der Waals surface area contributed by atoms with E-state index in [4.69, 9.17) is 0 Å². The van der Waals surface area contributed by atoms with Gasteiger partial charge in [0.05, 0.1) is 17.6 Å². The summed E-state index contributed by atoms with van der Waals surface area (Å²) in [5, 5.41) is 20.1. The number of hydrogen-bond donors (Lipinski definition) is 1. The summed E-state index contributed by atoms with van der Waals surface area (Å²) in [6.07, 6.45) is 6.05. The van der Waals surface area contributed by atoms with Gasteiger partial charge in [0.1, 0.15) is 5.82 Å². The van der Waals surface area contributed by atoms with Crippen LogP contribution in [0.25, 0.3) is 0 Å². The van der Waals surface area contributed by atoms with Crippen molar-refractivity contribution in [2.45, 2.75) is 51.0 Å². The lowest BCUT2D eigenvalue weighted by Gasteiger charge is -2.33. The molecule has 0 heterocycles. The Morgan fingerprint density at radius 2 is 1.58 bits per heavy atom. The van der Waals surface area contributed by atoms with Gasteiger partial charge in [0.15, 0.2) is 0 Å². The number of hydrogen-bond acceptors (Lipinski definition) is 2. The minimum absolute atomic E-state index is 0.320. The summed E-state index contributed by atoms with van der Waals surface area (Å²) in [6, 6.07) is 8.20. The lowest BCUT2D eigenvalue weighted by molar-refractivity contribution is 0.0434. The quantitative estimate of drug-likeness (QED) is 0.870. The smallest absolute Gasteiger partial charge is 0.123 e. The van der Waals surface area contributed by atoms with Gasteiger partial charge in [0.2, 0.25) is 0 Å². The SMILES string of the molecule is N#CC1(C(O)c2ccc(F)cc2)CCCCCCC1. The molecular weight excluding hydrogens is 241 g/mol. The van der Waals surface area contributed by atoms with E-state index in [9.17, 15) is 14.8 Å². The van der Waals surface area contributed by atoms with E-state index in [1.165, 1.54) is 18.6 Å². The number of nitriles is 1. The maximum atomic E-state index is 12.9. The number of benzene rings is 1. The van der Waals surface area contributed by atoms with Crippen LogP contribution >= 0.6 is 0 Å². The molecule has 3 heteroatoms. The number of nitrogens with zero attached hydrogens (tertiary/aromatic N) is 1. The van der Waals surface area contributed by atoms with E-state index in [1.807, 2.05) is 0 Å². The van der Waals surface area contributed by atoms with Crippen molar-refractivity contribution in [3.05, 3.63) is 35.6 Å². The molecule has 1 atom stereocenters. The summed E-state index contributed by atoms with van der Waals surface area (Å²) in [6.45, 7) is 0. The maximum absolute atomic E-state index is 12.9. The molecule has 1 saturated carbocycles. The zero-order valence-corrected chi connectivity index (χ0v) is 11.1. The van der Waals surface area contributed by atoms with Crippen LogP contribution in [-0.2, 0) is 0 Å². The minimum Gasteiger partial charge on any atom is -0.387 e. The van der Waals surface area contributed by atoms with Crippen LogP contribution in [0.15, 0.2) is 24.3 Å². The maximum Gasteiger partial charge on any atom is 0.123 e. The van der Waals surface area contributed by atoms with Crippen molar-refractivity contribution in [2.75, 3.05) is 0 Å². The molecule has 1 aromatic rings. The normalized spacial score (nSPS) is 20.9. The zero-order valence-electron chi connectivity index (χ0n) is 11.1. The van der Waals surface area contributed by atoms with Crippen molar-refractivity contribution >= 4 is 0 Å². The molecule has 0 amide bonds. The molecule has 0 aliphatic heterocycles. The Morgan fingerprint density at radius 1 is 1.05 bits per heavy atom.